The zero-order chi connectivity index (χ0) is 36.4. The van der Waals surface area contributed by atoms with Crippen LogP contribution < -0.4 is 5.32 Å². The maximum atomic E-state index is 16.5. The summed E-state index contributed by atoms with van der Waals surface area (Å²) in [5.74, 6) is -5.91. The number of likely N-dealkylation sites (N-methyl/N-ethyl adjacent to an activating group) is 1. The van der Waals surface area contributed by atoms with Crippen molar-refractivity contribution in [3.05, 3.63) is 0 Å². The third kappa shape index (κ3) is 8.03. The smallest absolute Gasteiger partial charge is 0.408 e. The Morgan fingerprint density at radius 1 is 1.08 bits per heavy atom. The van der Waals surface area contributed by atoms with Crippen molar-refractivity contribution in [3.63, 3.8) is 0 Å². The predicted octanol–water partition coefficient (Wildman–Crippen LogP) is 1.56. The van der Waals surface area contributed by atoms with E-state index in [9.17, 15) is 24.3 Å². The van der Waals surface area contributed by atoms with Crippen LogP contribution in [0.2, 0.25) is 0 Å². The lowest BCUT2D eigenvalue weighted by atomic mass is 9.73. The van der Waals surface area contributed by atoms with Crippen LogP contribution in [0.15, 0.2) is 0 Å². The van der Waals surface area contributed by atoms with E-state index in [2.05, 4.69) is 5.32 Å². The minimum Gasteiger partial charge on any atom is -0.455 e. The number of hydrogen-bond donors (Lipinski definition) is 3. The number of carbonyl (C=O) groups is 4. The molecule has 3 N–H and O–H groups in total. The van der Waals surface area contributed by atoms with Crippen molar-refractivity contribution in [2.45, 2.75) is 127 Å². The number of ketones is 2. The number of Topliss-reactive ketones (excluding diaryl/α,β-unsaturated/α-hetero) is 2. The Balaban J connectivity index is 2.11. The maximum Gasteiger partial charge on any atom is 0.408 e. The number of fused-ring (bicyclic) bond motifs is 1. The highest BCUT2D eigenvalue weighted by Crippen LogP contribution is 2.41. The fourth-order valence-electron chi connectivity index (χ4n) is 7.47. The number of alkyl halides is 1. The number of aliphatic hydroxyl groups is 2. The molecule has 3 heterocycles. The average Bonchev–Trinajstić information content (AvgIpc) is 3.35. The molecule has 3 aliphatic heterocycles. The zero-order valence-electron chi connectivity index (χ0n) is 29.8. The summed E-state index contributed by atoms with van der Waals surface area (Å²) < 4.78 is 51.7. The standard InChI is InChI=1S/C33H55FN2O12/c1-11-22-33(7)25(35-30(42)48-33)18(3)23(38)17(2)15-31(5,43-10)27(19(4)26(40)32(6,34)29(41)46-22)47-28-24(39)21(36(8)9)14-20(45-28)16-44-13-12-37/h17-22,24-25,27-28,37,39H,11-16H2,1-10H3,(H,35,42)/t17-,18+,19+,20+,21?,22-,24?,25-,27-,28+,31-,32+,33-/m1/s1. The first-order valence-corrected chi connectivity index (χ1v) is 16.7. The molecule has 0 aromatic heterocycles. The Kier molecular flexibility index (Phi) is 13.2. The van der Waals surface area contributed by atoms with Crippen molar-refractivity contribution in [1.82, 2.24) is 10.2 Å². The normalized spacial score (nSPS) is 43.3. The minimum atomic E-state index is -3.18. The second-order valence-corrected chi connectivity index (χ2v) is 14.2. The number of hydrogen-bond acceptors (Lipinski definition) is 13. The first-order chi connectivity index (χ1) is 22.3. The molecule has 48 heavy (non-hydrogen) atoms. The van der Waals surface area contributed by atoms with E-state index in [1.54, 1.807) is 46.7 Å². The van der Waals surface area contributed by atoms with Crippen LogP contribution in [0, 0.1) is 17.8 Å². The molecule has 0 aliphatic carbocycles. The molecule has 0 bridgehead atoms. The van der Waals surface area contributed by atoms with E-state index in [0.717, 1.165) is 6.92 Å². The van der Waals surface area contributed by atoms with Gasteiger partial charge in [-0.3, -0.25) is 9.59 Å². The minimum absolute atomic E-state index is 0.0270. The summed E-state index contributed by atoms with van der Waals surface area (Å²) in [6, 6.07) is -1.42. The highest BCUT2D eigenvalue weighted by Gasteiger charge is 2.59. The summed E-state index contributed by atoms with van der Waals surface area (Å²) in [7, 11) is 4.91. The maximum absolute atomic E-state index is 16.5. The Labute approximate surface area is 282 Å². The van der Waals surface area contributed by atoms with Gasteiger partial charge in [-0.25, -0.2) is 14.0 Å². The molecule has 0 radical (unpaired) electrons. The molecule has 0 saturated carbocycles. The summed E-state index contributed by atoms with van der Waals surface area (Å²) in [5, 5.41) is 23.2. The Morgan fingerprint density at radius 2 is 1.73 bits per heavy atom. The summed E-state index contributed by atoms with van der Waals surface area (Å²) in [5.41, 5.74) is -6.20. The molecule has 276 valence electrons. The predicted molar refractivity (Wildman–Crippen MR) is 169 cm³/mol. The third-order valence-electron chi connectivity index (χ3n) is 10.4. The highest BCUT2D eigenvalue weighted by molar-refractivity contribution is 6.07. The molecule has 0 spiro atoms. The molecule has 2 unspecified atom stereocenters. The van der Waals surface area contributed by atoms with Gasteiger partial charge in [-0.2, -0.15) is 0 Å². The van der Waals surface area contributed by atoms with Crippen molar-refractivity contribution in [2.24, 2.45) is 17.8 Å². The van der Waals surface area contributed by atoms with Crippen molar-refractivity contribution in [2.75, 3.05) is 41.0 Å². The molecule has 14 nitrogen and oxygen atoms in total. The molecule has 3 saturated heterocycles. The summed E-state index contributed by atoms with van der Waals surface area (Å²) in [6.07, 6.45) is -6.13. The number of cyclic esters (lactones) is 1. The summed E-state index contributed by atoms with van der Waals surface area (Å²) >= 11 is 0. The molecule has 0 aromatic rings. The van der Waals surface area contributed by atoms with Gasteiger partial charge in [0.1, 0.15) is 18.0 Å². The molecule has 3 fully saturated rings. The number of nitrogens with one attached hydrogen (secondary N) is 1. The number of aliphatic hydroxyl groups excluding tert-OH is 2. The lowest BCUT2D eigenvalue weighted by molar-refractivity contribution is -0.302. The van der Waals surface area contributed by atoms with Gasteiger partial charge in [0, 0.05) is 30.9 Å². The molecule has 3 rings (SSSR count). The fourth-order valence-corrected chi connectivity index (χ4v) is 7.47. The van der Waals surface area contributed by atoms with Gasteiger partial charge in [0.15, 0.2) is 17.7 Å². The number of alkyl carbamates (subject to hydrolysis) is 1. The van der Waals surface area contributed by atoms with E-state index in [-0.39, 0.29) is 38.4 Å². The van der Waals surface area contributed by atoms with Crippen LogP contribution in [0.1, 0.15) is 67.7 Å². The Hall–Kier alpha value is -2.27. The number of nitrogens with zero attached hydrogens (tertiary/aromatic N) is 1. The first kappa shape index (κ1) is 40.2. The number of esters is 1. The van der Waals surface area contributed by atoms with Crippen molar-refractivity contribution in [3.8, 4) is 0 Å². The van der Waals surface area contributed by atoms with Crippen LogP contribution in [-0.4, -0.2) is 139 Å². The monoisotopic (exact) mass is 690 g/mol. The van der Waals surface area contributed by atoms with Gasteiger partial charge in [-0.1, -0.05) is 27.7 Å². The number of methoxy groups -OCH3 is 1. The molecular weight excluding hydrogens is 635 g/mol. The lowest BCUT2D eigenvalue weighted by Gasteiger charge is -2.47. The number of amides is 1. The van der Waals surface area contributed by atoms with Crippen LogP contribution >= 0.6 is 0 Å². The second-order valence-electron chi connectivity index (χ2n) is 14.2. The number of rotatable bonds is 9. The van der Waals surface area contributed by atoms with Crippen LogP contribution in [0.3, 0.4) is 0 Å². The van der Waals surface area contributed by atoms with E-state index >= 15 is 4.39 Å². The molecule has 0 aromatic carbocycles. The topological polar surface area (TPSA) is 179 Å². The van der Waals surface area contributed by atoms with Gasteiger partial charge in [0.05, 0.1) is 43.7 Å². The molecule has 15 heteroatoms. The van der Waals surface area contributed by atoms with Crippen LogP contribution in [0.25, 0.3) is 0 Å². The number of ether oxygens (including phenoxy) is 6. The van der Waals surface area contributed by atoms with E-state index in [1.165, 1.54) is 21.0 Å². The first-order valence-electron chi connectivity index (χ1n) is 16.7. The van der Waals surface area contributed by atoms with E-state index in [1.807, 2.05) is 0 Å². The van der Waals surface area contributed by atoms with Gasteiger partial charge in [0.25, 0.3) is 5.67 Å². The summed E-state index contributed by atoms with van der Waals surface area (Å²) in [6.45, 7) is 10.2. The van der Waals surface area contributed by atoms with E-state index in [0.29, 0.717) is 6.42 Å². The van der Waals surface area contributed by atoms with Crippen molar-refractivity contribution < 1.29 is 62.2 Å². The number of carbonyl (C=O) groups excluding carboxylic acids is 4. The van der Waals surface area contributed by atoms with Gasteiger partial charge in [-0.05, 0) is 54.1 Å². The van der Waals surface area contributed by atoms with Crippen LogP contribution in [0.5, 0.6) is 0 Å². The largest absolute Gasteiger partial charge is 0.455 e. The number of halogens is 1. The highest BCUT2D eigenvalue weighted by atomic mass is 19.1. The Morgan fingerprint density at radius 3 is 2.29 bits per heavy atom. The van der Waals surface area contributed by atoms with Crippen molar-refractivity contribution >= 4 is 23.6 Å². The second kappa shape index (κ2) is 15.7. The lowest BCUT2D eigenvalue weighted by Crippen LogP contribution is -2.62. The molecule has 3 aliphatic rings. The summed E-state index contributed by atoms with van der Waals surface area (Å²) in [4.78, 5) is 55.8. The van der Waals surface area contributed by atoms with Crippen molar-refractivity contribution in [1.29, 1.82) is 0 Å². The fraction of sp³-hybridized carbons (Fsp3) is 0.879. The molecule has 1 amide bonds. The van der Waals surface area contributed by atoms with Gasteiger partial charge < -0.3 is 48.9 Å². The zero-order valence-corrected chi connectivity index (χ0v) is 29.8. The molecular formula is C33H55FN2O12. The third-order valence-corrected chi connectivity index (χ3v) is 10.4. The van der Waals surface area contributed by atoms with E-state index in [4.69, 9.17) is 33.5 Å². The van der Waals surface area contributed by atoms with Gasteiger partial charge >= 0.3 is 12.1 Å². The van der Waals surface area contributed by atoms with E-state index < -0.39 is 95.3 Å². The SMILES string of the molecule is CC[C@H]1OC(=O)[C@@](C)(F)C(=O)[C@H](C)[C@@H](O[C@@H]2O[C@H](COCCO)CC(N(C)C)C2O)[C@](C)(OC)C[C@@H](C)C(=O)[C@H](C)[C@H]2NC(=O)O[C@@]21C. The van der Waals surface area contributed by atoms with Crippen LogP contribution in [-0.2, 0) is 42.8 Å². The van der Waals surface area contributed by atoms with Gasteiger partial charge in [0.2, 0.25) is 0 Å². The Bertz CT molecular complexity index is 1170. The van der Waals surface area contributed by atoms with Gasteiger partial charge in [-0.15, -0.1) is 0 Å². The van der Waals surface area contributed by atoms with Crippen LogP contribution in [0.4, 0.5) is 9.18 Å². The molecule has 13 atom stereocenters. The quantitative estimate of drug-likeness (QED) is 0.181. The average molecular weight is 691 g/mol.